The van der Waals surface area contributed by atoms with Crippen LogP contribution in [0.25, 0.3) is 0 Å². The van der Waals surface area contributed by atoms with Crippen molar-refractivity contribution in [2.24, 2.45) is 0 Å². The minimum absolute atomic E-state index is 0.0129. The van der Waals surface area contributed by atoms with Crippen LogP contribution in [-0.2, 0) is 19.4 Å². The fourth-order valence-electron chi connectivity index (χ4n) is 3.09. The fraction of sp³-hybridized carbons (Fsp3) is 0.467. The smallest absolute Gasteiger partial charge is 0.228 e. The molecule has 118 valence electrons. The molecule has 7 heteroatoms. The van der Waals surface area contributed by atoms with Crippen molar-refractivity contribution in [1.82, 2.24) is 5.32 Å². The standard InChI is InChI=1S/C15H18N2O4S/c1-17-13-5-3-2-4-11(13)12(8-14(17)18)15(19)16-10-6-7-22(20,21)9-10/h2-5,10,12H,6-9H2,1H3,(H,16,19). The lowest BCUT2D eigenvalue weighted by molar-refractivity contribution is -0.127. The third-order valence-electron chi connectivity index (χ3n) is 4.32. The van der Waals surface area contributed by atoms with Crippen molar-refractivity contribution in [3.05, 3.63) is 29.8 Å². The molecule has 2 heterocycles. The summed E-state index contributed by atoms with van der Waals surface area (Å²) in [4.78, 5) is 26.1. The highest BCUT2D eigenvalue weighted by Crippen LogP contribution is 2.35. The predicted molar refractivity (Wildman–Crippen MR) is 82.4 cm³/mol. The van der Waals surface area contributed by atoms with Gasteiger partial charge < -0.3 is 10.2 Å². The van der Waals surface area contributed by atoms with Crippen LogP contribution in [0.15, 0.2) is 24.3 Å². The van der Waals surface area contributed by atoms with Crippen LogP contribution in [-0.4, -0.2) is 44.8 Å². The van der Waals surface area contributed by atoms with Crippen LogP contribution in [0.2, 0.25) is 0 Å². The summed E-state index contributed by atoms with van der Waals surface area (Å²) in [6.45, 7) is 0. The number of para-hydroxylation sites is 1. The number of amides is 2. The monoisotopic (exact) mass is 322 g/mol. The summed E-state index contributed by atoms with van der Waals surface area (Å²) in [6, 6.07) is 6.97. The maximum atomic E-state index is 12.5. The number of carbonyl (C=O) groups excluding carboxylic acids is 2. The van der Waals surface area contributed by atoms with E-state index in [2.05, 4.69) is 5.32 Å². The summed E-state index contributed by atoms with van der Waals surface area (Å²) in [7, 11) is -1.35. The molecule has 6 nitrogen and oxygen atoms in total. The molecule has 0 spiro atoms. The van der Waals surface area contributed by atoms with E-state index >= 15 is 0 Å². The van der Waals surface area contributed by atoms with E-state index in [0.29, 0.717) is 6.42 Å². The maximum absolute atomic E-state index is 12.5. The van der Waals surface area contributed by atoms with Crippen molar-refractivity contribution < 1.29 is 18.0 Å². The number of carbonyl (C=O) groups is 2. The van der Waals surface area contributed by atoms with Crippen LogP contribution < -0.4 is 10.2 Å². The molecule has 0 bridgehead atoms. The maximum Gasteiger partial charge on any atom is 0.228 e. The molecule has 0 aromatic heterocycles. The molecule has 1 N–H and O–H groups in total. The first-order valence-corrected chi connectivity index (χ1v) is 9.06. The number of rotatable bonds is 2. The number of benzene rings is 1. The molecule has 2 aliphatic heterocycles. The van der Waals surface area contributed by atoms with Crippen LogP contribution in [0, 0.1) is 0 Å². The van der Waals surface area contributed by atoms with E-state index in [1.165, 1.54) is 0 Å². The van der Waals surface area contributed by atoms with E-state index in [9.17, 15) is 18.0 Å². The topological polar surface area (TPSA) is 83.6 Å². The molecule has 1 aromatic rings. The van der Waals surface area contributed by atoms with Gasteiger partial charge in [-0.25, -0.2) is 8.42 Å². The van der Waals surface area contributed by atoms with E-state index in [4.69, 9.17) is 0 Å². The molecular formula is C15H18N2O4S. The first-order chi connectivity index (χ1) is 10.4. The predicted octanol–water partition coefficient (Wildman–Crippen LogP) is 0.440. The Hall–Kier alpha value is -1.89. The number of hydrogen-bond acceptors (Lipinski definition) is 4. The third-order valence-corrected chi connectivity index (χ3v) is 6.09. The SMILES string of the molecule is CN1C(=O)CC(C(=O)NC2CCS(=O)(=O)C2)c2ccccc21. The Kier molecular flexibility index (Phi) is 3.68. The van der Waals surface area contributed by atoms with Crippen molar-refractivity contribution in [3.63, 3.8) is 0 Å². The van der Waals surface area contributed by atoms with Crippen LogP contribution in [0.4, 0.5) is 5.69 Å². The quantitative estimate of drug-likeness (QED) is 0.856. The van der Waals surface area contributed by atoms with E-state index in [1.807, 2.05) is 24.3 Å². The van der Waals surface area contributed by atoms with Gasteiger partial charge in [0.25, 0.3) is 0 Å². The van der Waals surface area contributed by atoms with E-state index < -0.39 is 15.8 Å². The van der Waals surface area contributed by atoms with Gasteiger partial charge in [-0.3, -0.25) is 9.59 Å². The lowest BCUT2D eigenvalue weighted by Crippen LogP contribution is -2.43. The molecule has 2 aliphatic rings. The Morgan fingerprint density at radius 3 is 2.73 bits per heavy atom. The Balaban J connectivity index is 1.81. The second-order valence-electron chi connectivity index (χ2n) is 5.88. The second kappa shape index (κ2) is 5.39. The van der Waals surface area contributed by atoms with Crippen LogP contribution in [0.1, 0.15) is 24.3 Å². The number of fused-ring (bicyclic) bond motifs is 1. The zero-order valence-corrected chi connectivity index (χ0v) is 13.1. The van der Waals surface area contributed by atoms with Gasteiger partial charge in [-0.2, -0.15) is 0 Å². The summed E-state index contributed by atoms with van der Waals surface area (Å²) < 4.78 is 23.0. The average molecular weight is 322 g/mol. The van der Waals surface area contributed by atoms with Gasteiger partial charge in [0.1, 0.15) is 0 Å². The van der Waals surface area contributed by atoms with Crippen molar-refractivity contribution in [2.45, 2.75) is 24.8 Å². The van der Waals surface area contributed by atoms with Gasteiger partial charge in [-0.1, -0.05) is 18.2 Å². The zero-order chi connectivity index (χ0) is 15.9. The molecule has 0 radical (unpaired) electrons. The summed E-state index contributed by atoms with van der Waals surface area (Å²) in [5.74, 6) is -0.834. The lowest BCUT2D eigenvalue weighted by atomic mass is 9.88. The van der Waals surface area contributed by atoms with Gasteiger partial charge in [0.2, 0.25) is 11.8 Å². The Bertz CT molecular complexity index is 729. The lowest BCUT2D eigenvalue weighted by Gasteiger charge is -2.31. The number of sulfone groups is 1. The largest absolute Gasteiger partial charge is 0.352 e. The molecule has 2 atom stereocenters. The second-order valence-corrected chi connectivity index (χ2v) is 8.11. The van der Waals surface area contributed by atoms with Crippen LogP contribution in [0.3, 0.4) is 0 Å². The van der Waals surface area contributed by atoms with E-state index in [1.54, 1.807) is 11.9 Å². The van der Waals surface area contributed by atoms with Crippen molar-refractivity contribution in [3.8, 4) is 0 Å². The van der Waals surface area contributed by atoms with Gasteiger partial charge in [0, 0.05) is 25.2 Å². The van der Waals surface area contributed by atoms with Gasteiger partial charge >= 0.3 is 0 Å². The van der Waals surface area contributed by atoms with Crippen molar-refractivity contribution in [2.75, 3.05) is 23.5 Å². The molecule has 1 saturated heterocycles. The molecule has 2 unspecified atom stereocenters. The highest BCUT2D eigenvalue weighted by molar-refractivity contribution is 7.91. The van der Waals surface area contributed by atoms with Crippen LogP contribution >= 0.6 is 0 Å². The number of anilines is 1. The zero-order valence-electron chi connectivity index (χ0n) is 12.3. The third kappa shape index (κ3) is 2.72. The highest BCUT2D eigenvalue weighted by atomic mass is 32.2. The number of nitrogens with zero attached hydrogens (tertiary/aromatic N) is 1. The minimum Gasteiger partial charge on any atom is -0.352 e. The van der Waals surface area contributed by atoms with E-state index in [-0.39, 0.29) is 35.8 Å². The molecule has 0 saturated carbocycles. The Morgan fingerprint density at radius 2 is 2.05 bits per heavy atom. The van der Waals surface area contributed by atoms with Gasteiger partial charge in [-0.15, -0.1) is 0 Å². The molecule has 1 fully saturated rings. The number of hydrogen-bond donors (Lipinski definition) is 1. The van der Waals surface area contributed by atoms with Gasteiger partial charge in [0.15, 0.2) is 9.84 Å². The van der Waals surface area contributed by atoms with Gasteiger partial charge in [0.05, 0.1) is 17.4 Å². The fourth-order valence-corrected chi connectivity index (χ4v) is 4.76. The summed E-state index contributed by atoms with van der Waals surface area (Å²) in [5.41, 5.74) is 1.54. The summed E-state index contributed by atoms with van der Waals surface area (Å²) in [6.07, 6.45) is 0.551. The minimum atomic E-state index is -3.04. The first-order valence-electron chi connectivity index (χ1n) is 7.24. The van der Waals surface area contributed by atoms with Crippen LogP contribution in [0.5, 0.6) is 0 Å². The average Bonchev–Trinajstić information content (AvgIpc) is 2.81. The molecule has 0 aliphatic carbocycles. The molecule has 2 amide bonds. The number of nitrogens with one attached hydrogen (secondary N) is 1. The van der Waals surface area contributed by atoms with Gasteiger partial charge in [-0.05, 0) is 18.1 Å². The Labute approximate surface area is 129 Å². The van der Waals surface area contributed by atoms with E-state index in [0.717, 1.165) is 11.3 Å². The normalized spacial score (nSPS) is 26.6. The highest BCUT2D eigenvalue weighted by Gasteiger charge is 2.36. The van der Waals surface area contributed by atoms with Crippen molar-refractivity contribution >= 4 is 27.3 Å². The van der Waals surface area contributed by atoms with Crippen molar-refractivity contribution in [1.29, 1.82) is 0 Å². The molecular weight excluding hydrogens is 304 g/mol. The summed E-state index contributed by atoms with van der Waals surface area (Å²) in [5, 5.41) is 2.79. The Morgan fingerprint density at radius 1 is 1.32 bits per heavy atom. The first kappa shape index (κ1) is 15.0. The molecule has 1 aromatic carbocycles. The molecule has 3 rings (SSSR count). The molecule has 22 heavy (non-hydrogen) atoms. The summed E-state index contributed by atoms with van der Waals surface area (Å²) >= 11 is 0.